The molecule has 0 fully saturated rings. The normalized spacial score (nSPS) is 11.1. The zero-order chi connectivity index (χ0) is 16.7. The molecular weight excluding hydrogens is 313 g/mol. The summed E-state index contributed by atoms with van der Waals surface area (Å²) < 4.78 is 25.8. The molecule has 0 bridgehead atoms. The van der Waals surface area contributed by atoms with Gasteiger partial charge in [-0.25, -0.2) is 4.39 Å². The van der Waals surface area contributed by atoms with Crippen molar-refractivity contribution in [1.29, 1.82) is 0 Å². The number of pyridine rings is 1. The number of fused-ring (bicyclic) bond motifs is 1. The first-order chi connectivity index (χ1) is 11.7. The molecule has 0 atom stereocenters. The predicted octanol–water partition coefficient (Wildman–Crippen LogP) is 2.90. The zero-order valence-electron chi connectivity index (χ0n) is 12.9. The number of aromatic nitrogens is 5. The molecule has 0 aliphatic rings. The number of ether oxygens (including phenoxy) is 1. The minimum absolute atomic E-state index is 0.159. The lowest BCUT2D eigenvalue weighted by Gasteiger charge is -2.01. The maximum absolute atomic E-state index is 13.8. The Morgan fingerprint density at radius 2 is 1.96 bits per heavy atom. The van der Waals surface area contributed by atoms with Crippen LogP contribution in [0, 0.1) is 12.7 Å². The first kappa shape index (κ1) is 14.3. The van der Waals surface area contributed by atoms with Crippen molar-refractivity contribution in [2.75, 3.05) is 7.11 Å². The Kier molecular flexibility index (Phi) is 3.23. The molecule has 0 aliphatic carbocycles. The van der Waals surface area contributed by atoms with Gasteiger partial charge in [-0.3, -0.25) is 4.40 Å². The summed E-state index contributed by atoms with van der Waals surface area (Å²) in [5.41, 5.74) is 1.96. The molecule has 0 radical (unpaired) electrons. The van der Waals surface area contributed by atoms with Gasteiger partial charge < -0.3 is 9.26 Å². The maximum atomic E-state index is 13.8. The third-order valence-corrected chi connectivity index (χ3v) is 3.66. The van der Waals surface area contributed by atoms with Gasteiger partial charge in [-0.2, -0.15) is 4.98 Å². The lowest BCUT2D eigenvalue weighted by molar-refractivity contribution is 0.386. The molecule has 0 saturated heterocycles. The molecule has 4 aromatic rings. The number of hydrogen-bond acceptors (Lipinski definition) is 6. The minimum atomic E-state index is -0.490. The minimum Gasteiger partial charge on any atom is -0.494 e. The van der Waals surface area contributed by atoms with Gasteiger partial charge in [0.15, 0.2) is 17.2 Å². The van der Waals surface area contributed by atoms with Gasteiger partial charge in [-0.15, -0.1) is 10.2 Å². The fourth-order valence-electron chi connectivity index (χ4n) is 2.40. The summed E-state index contributed by atoms with van der Waals surface area (Å²) in [6.07, 6.45) is 1.83. The van der Waals surface area contributed by atoms with Crippen molar-refractivity contribution < 1.29 is 13.7 Å². The molecule has 3 heterocycles. The Morgan fingerprint density at radius 3 is 2.75 bits per heavy atom. The van der Waals surface area contributed by atoms with Crippen molar-refractivity contribution in [2.45, 2.75) is 6.92 Å². The highest BCUT2D eigenvalue weighted by Crippen LogP contribution is 2.26. The van der Waals surface area contributed by atoms with Crippen molar-refractivity contribution in [2.24, 2.45) is 0 Å². The highest BCUT2D eigenvalue weighted by molar-refractivity contribution is 5.61. The van der Waals surface area contributed by atoms with E-state index >= 15 is 0 Å². The summed E-state index contributed by atoms with van der Waals surface area (Å²) in [4.78, 5) is 4.33. The Hall–Kier alpha value is -3.29. The molecular formula is C16H12FN5O2. The van der Waals surface area contributed by atoms with Crippen LogP contribution in [0.15, 0.2) is 41.1 Å². The van der Waals surface area contributed by atoms with Crippen LogP contribution >= 0.6 is 0 Å². The van der Waals surface area contributed by atoms with Crippen LogP contribution < -0.4 is 4.74 Å². The van der Waals surface area contributed by atoms with Gasteiger partial charge >= 0.3 is 0 Å². The number of nitrogens with zero attached hydrogens (tertiary/aromatic N) is 5. The molecule has 24 heavy (non-hydrogen) atoms. The van der Waals surface area contributed by atoms with Crippen molar-refractivity contribution in [3.8, 4) is 28.6 Å². The summed E-state index contributed by atoms with van der Waals surface area (Å²) in [5, 5.41) is 12.0. The predicted molar refractivity (Wildman–Crippen MR) is 83.0 cm³/mol. The number of hydrogen-bond donors (Lipinski definition) is 0. The quantitative estimate of drug-likeness (QED) is 0.576. The largest absolute Gasteiger partial charge is 0.494 e. The fourth-order valence-corrected chi connectivity index (χ4v) is 2.40. The van der Waals surface area contributed by atoms with Gasteiger partial charge in [-0.05, 0) is 37.3 Å². The van der Waals surface area contributed by atoms with Crippen molar-refractivity contribution >= 4 is 5.65 Å². The molecule has 0 unspecified atom stereocenters. The third-order valence-electron chi connectivity index (χ3n) is 3.66. The number of methoxy groups -OCH3 is 1. The number of halogens is 1. The molecule has 0 aliphatic heterocycles. The lowest BCUT2D eigenvalue weighted by Crippen LogP contribution is -1.90. The molecule has 120 valence electrons. The van der Waals surface area contributed by atoms with Gasteiger partial charge in [0.25, 0.3) is 5.89 Å². The summed E-state index contributed by atoms with van der Waals surface area (Å²) in [6.45, 7) is 1.85. The molecule has 8 heteroatoms. The van der Waals surface area contributed by atoms with Crippen molar-refractivity contribution in [3.63, 3.8) is 0 Å². The second-order valence-electron chi connectivity index (χ2n) is 5.17. The monoisotopic (exact) mass is 325 g/mol. The highest BCUT2D eigenvalue weighted by Gasteiger charge is 2.14. The van der Waals surface area contributed by atoms with Gasteiger partial charge in [0, 0.05) is 17.3 Å². The third kappa shape index (κ3) is 2.28. The Labute approximate surface area is 135 Å². The van der Waals surface area contributed by atoms with E-state index in [1.54, 1.807) is 6.07 Å². The van der Waals surface area contributed by atoms with Crippen LogP contribution in [0.2, 0.25) is 0 Å². The molecule has 3 aromatic heterocycles. The average Bonchev–Trinajstić information content (AvgIpc) is 3.22. The van der Waals surface area contributed by atoms with Gasteiger partial charge in [0.1, 0.15) is 5.82 Å². The van der Waals surface area contributed by atoms with E-state index in [1.165, 1.54) is 19.2 Å². The summed E-state index contributed by atoms with van der Waals surface area (Å²) in [6, 6.07) is 8.11. The second kappa shape index (κ2) is 5.41. The van der Waals surface area contributed by atoms with E-state index in [2.05, 4.69) is 20.3 Å². The summed E-state index contributed by atoms with van der Waals surface area (Å²) >= 11 is 0. The molecule has 7 nitrogen and oxygen atoms in total. The maximum Gasteiger partial charge on any atom is 0.258 e. The van der Waals surface area contributed by atoms with E-state index in [1.807, 2.05) is 29.7 Å². The van der Waals surface area contributed by atoms with Crippen LogP contribution in [0.1, 0.15) is 5.82 Å². The topological polar surface area (TPSA) is 78.3 Å². The average molecular weight is 325 g/mol. The molecule has 0 amide bonds. The van der Waals surface area contributed by atoms with Crippen LogP contribution in [-0.4, -0.2) is 31.8 Å². The summed E-state index contributed by atoms with van der Waals surface area (Å²) in [5.74, 6) is 1.06. The zero-order valence-corrected chi connectivity index (χ0v) is 12.9. The first-order valence-electron chi connectivity index (χ1n) is 7.15. The molecule has 0 N–H and O–H groups in total. The van der Waals surface area contributed by atoms with E-state index in [-0.39, 0.29) is 11.6 Å². The van der Waals surface area contributed by atoms with Gasteiger partial charge in [-0.1, -0.05) is 5.16 Å². The van der Waals surface area contributed by atoms with E-state index in [0.29, 0.717) is 11.4 Å². The molecule has 0 saturated carbocycles. The Bertz CT molecular complexity index is 1040. The molecule has 0 spiro atoms. The Balaban J connectivity index is 1.73. The fraction of sp³-hybridized carbons (Fsp3) is 0.125. The van der Waals surface area contributed by atoms with E-state index in [0.717, 1.165) is 17.0 Å². The smallest absolute Gasteiger partial charge is 0.258 e. The van der Waals surface area contributed by atoms with Crippen molar-refractivity contribution in [1.82, 2.24) is 24.7 Å². The van der Waals surface area contributed by atoms with Crippen LogP contribution in [0.4, 0.5) is 4.39 Å². The standard InChI is InChI=1S/C16H12FN5O2/c1-9-19-20-14-6-4-11(8-22(9)14)15-18-16(24-21-15)10-3-5-13(23-2)12(17)7-10/h3-8H,1-2H3. The van der Waals surface area contributed by atoms with Crippen LogP contribution in [-0.2, 0) is 0 Å². The second-order valence-corrected chi connectivity index (χ2v) is 5.17. The Morgan fingerprint density at radius 1 is 1.12 bits per heavy atom. The number of benzene rings is 1. The first-order valence-corrected chi connectivity index (χ1v) is 7.15. The van der Waals surface area contributed by atoms with E-state index in [9.17, 15) is 4.39 Å². The van der Waals surface area contributed by atoms with Crippen LogP contribution in [0.3, 0.4) is 0 Å². The summed E-state index contributed by atoms with van der Waals surface area (Å²) in [7, 11) is 1.41. The number of rotatable bonds is 3. The molecule has 4 rings (SSSR count). The lowest BCUT2D eigenvalue weighted by atomic mass is 10.2. The van der Waals surface area contributed by atoms with Crippen molar-refractivity contribution in [3.05, 3.63) is 48.2 Å². The highest BCUT2D eigenvalue weighted by atomic mass is 19.1. The van der Waals surface area contributed by atoms with E-state index < -0.39 is 5.82 Å². The number of aryl methyl sites for hydroxylation is 1. The van der Waals surface area contributed by atoms with Gasteiger partial charge in [0.2, 0.25) is 5.82 Å². The van der Waals surface area contributed by atoms with Crippen LogP contribution in [0.5, 0.6) is 5.75 Å². The van der Waals surface area contributed by atoms with Crippen LogP contribution in [0.25, 0.3) is 28.5 Å². The van der Waals surface area contributed by atoms with E-state index in [4.69, 9.17) is 9.26 Å². The van der Waals surface area contributed by atoms with Gasteiger partial charge in [0.05, 0.1) is 7.11 Å². The SMILES string of the molecule is COc1ccc(-c2nc(-c3ccc4nnc(C)n4c3)no2)cc1F. The molecule has 1 aromatic carbocycles.